The smallest absolute Gasteiger partial charge is 0.273 e. The Balaban J connectivity index is 2.82. The second kappa shape index (κ2) is 4.88. The van der Waals surface area contributed by atoms with Crippen LogP contribution in [0.25, 0.3) is 0 Å². The standard InChI is InChI=1S/C8H13N5O2S/c1-3-8(2,7(9)12-15)10-6(14)5-4-16-13-11-5/h4,15H,3H2,1-2H3,(H2,9,12)(H,10,14). The number of amidine groups is 1. The molecule has 0 aliphatic heterocycles. The van der Waals surface area contributed by atoms with Crippen molar-refractivity contribution in [1.82, 2.24) is 14.9 Å². The van der Waals surface area contributed by atoms with Gasteiger partial charge in [0.1, 0.15) is 0 Å². The van der Waals surface area contributed by atoms with Crippen molar-refractivity contribution in [3.8, 4) is 0 Å². The highest BCUT2D eigenvalue weighted by Gasteiger charge is 2.30. The maximum Gasteiger partial charge on any atom is 0.273 e. The third kappa shape index (κ3) is 2.45. The van der Waals surface area contributed by atoms with Gasteiger partial charge >= 0.3 is 0 Å². The molecule has 1 unspecified atom stereocenters. The molecule has 0 aliphatic carbocycles. The molecule has 4 N–H and O–H groups in total. The minimum absolute atomic E-state index is 0.0495. The van der Waals surface area contributed by atoms with Crippen LogP contribution in [0, 0.1) is 0 Å². The first-order chi connectivity index (χ1) is 7.53. The number of hydrogen-bond acceptors (Lipinski definition) is 6. The Morgan fingerprint density at radius 3 is 2.94 bits per heavy atom. The van der Waals surface area contributed by atoms with Crippen LogP contribution in [0.1, 0.15) is 30.8 Å². The molecule has 0 aromatic carbocycles. The summed E-state index contributed by atoms with van der Waals surface area (Å²) in [6, 6.07) is 0. The van der Waals surface area contributed by atoms with Crippen LogP contribution in [0.4, 0.5) is 0 Å². The Morgan fingerprint density at radius 1 is 1.81 bits per heavy atom. The number of carbonyl (C=O) groups excluding carboxylic acids is 1. The van der Waals surface area contributed by atoms with Gasteiger partial charge in [0.25, 0.3) is 5.91 Å². The Labute approximate surface area is 96.5 Å². The lowest BCUT2D eigenvalue weighted by atomic mass is 9.97. The summed E-state index contributed by atoms with van der Waals surface area (Å²) < 4.78 is 3.58. The topological polar surface area (TPSA) is 113 Å². The first-order valence-electron chi connectivity index (χ1n) is 4.61. The molecule has 1 amide bonds. The van der Waals surface area contributed by atoms with Crippen LogP contribution >= 0.6 is 11.5 Å². The van der Waals surface area contributed by atoms with E-state index in [0.29, 0.717) is 6.42 Å². The minimum atomic E-state index is -0.893. The second-order valence-electron chi connectivity index (χ2n) is 3.42. The summed E-state index contributed by atoms with van der Waals surface area (Å²) in [6.45, 7) is 3.48. The summed E-state index contributed by atoms with van der Waals surface area (Å²) >= 11 is 1.08. The molecule has 0 radical (unpaired) electrons. The summed E-state index contributed by atoms with van der Waals surface area (Å²) in [5.74, 6) is -0.448. The van der Waals surface area contributed by atoms with Gasteiger partial charge in [0.05, 0.1) is 5.54 Å². The second-order valence-corrected chi connectivity index (χ2v) is 4.02. The number of rotatable bonds is 4. The number of nitrogens with two attached hydrogens (primary N) is 1. The van der Waals surface area contributed by atoms with Crippen LogP contribution in [0.15, 0.2) is 10.5 Å². The van der Waals surface area contributed by atoms with E-state index in [0.717, 1.165) is 11.5 Å². The molecular formula is C8H13N5O2S. The minimum Gasteiger partial charge on any atom is -0.409 e. The van der Waals surface area contributed by atoms with Gasteiger partial charge in [-0.3, -0.25) is 4.79 Å². The Kier molecular flexibility index (Phi) is 3.78. The highest BCUT2D eigenvalue weighted by atomic mass is 32.1. The number of oxime groups is 1. The zero-order chi connectivity index (χ0) is 12.2. The number of nitrogens with one attached hydrogen (secondary N) is 1. The van der Waals surface area contributed by atoms with Crippen molar-refractivity contribution in [2.24, 2.45) is 10.9 Å². The van der Waals surface area contributed by atoms with Gasteiger partial charge in [0, 0.05) is 5.38 Å². The average Bonchev–Trinajstić information content (AvgIpc) is 2.81. The molecular weight excluding hydrogens is 230 g/mol. The van der Waals surface area contributed by atoms with E-state index in [1.54, 1.807) is 6.92 Å². The van der Waals surface area contributed by atoms with Gasteiger partial charge in [-0.15, -0.1) is 5.10 Å². The average molecular weight is 243 g/mol. The molecule has 16 heavy (non-hydrogen) atoms. The van der Waals surface area contributed by atoms with Gasteiger partial charge < -0.3 is 16.3 Å². The van der Waals surface area contributed by atoms with Crippen molar-refractivity contribution in [2.45, 2.75) is 25.8 Å². The van der Waals surface area contributed by atoms with Crippen LogP contribution in [0.3, 0.4) is 0 Å². The largest absolute Gasteiger partial charge is 0.409 e. The van der Waals surface area contributed by atoms with E-state index in [-0.39, 0.29) is 11.5 Å². The fourth-order valence-electron chi connectivity index (χ4n) is 1.02. The third-order valence-corrected chi connectivity index (χ3v) is 2.87. The first-order valence-corrected chi connectivity index (χ1v) is 5.44. The Bertz CT molecular complexity index is 391. The predicted octanol–water partition coefficient (Wildman–Crippen LogP) is 0.183. The lowest BCUT2D eigenvalue weighted by Crippen LogP contribution is -2.55. The quantitative estimate of drug-likeness (QED) is 0.302. The molecule has 1 aromatic rings. The molecule has 0 spiro atoms. The molecule has 1 rings (SSSR count). The van der Waals surface area contributed by atoms with Gasteiger partial charge in [0.2, 0.25) is 0 Å². The fraction of sp³-hybridized carbons (Fsp3) is 0.500. The molecule has 0 fully saturated rings. The molecule has 0 bridgehead atoms. The Hall–Kier alpha value is -1.70. The summed E-state index contributed by atoms with van der Waals surface area (Å²) in [6.07, 6.45) is 0.492. The highest BCUT2D eigenvalue weighted by Crippen LogP contribution is 2.10. The number of amides is 1. The zero-order valence-electron chi connectivity index (χ0n) is 8.97. The number of aromatic nitrogens is 2. The fourth-order valence-corrected chi connectivity index (χ4v) is 1.46. The monoisotopic (exact) mass is 243 g/mol. The molecule has 1 atom stereocenters. The van der Waals surface area contributed by atoms with E-state index in [4.69, 9.17) is 10.9 Å². The third-order valence-electron chi connectivity index (χ3n) is 2.36. The van der Waals surface area contributed by atoms with Gasteiger partial charge in [-0.2, -0.15) is 0 Å². The highest BCUT2D eigenvalue weighted by molar-refractivity contribution is 7.03. The van der Waals surface area contributed by atoms with E-state index in [1.165, 1.54) is 5.38 Å². The molecule has 7 nitrogen and oxygen atoms in total. The van der Waals surface area contributed by atoms with Crippen molar-refractivity contribution in [3.05, 3.63) is 11.1 Å². The molecule has 8 heteroatoms. The molecule has 1 heterocycles. The van der Waals surface area contributed by atoms with Crippen molar-refractivity contribution < 1.29 is 10.0 Å². The predicted molar refractivity (Wildman–Crippen MR) is 59.5 cm³/mol. The van der Waals surface area contributed by atoms with Gasteiger partial charge in [-0.1, -0.05) is 16.6 Å². The van der Waals surface area contributed by atoms with E-state index >= 15 is 0 Å². The number of hydrogen-bond donors (Lipinski definition) is 3. The van der Waals surface area contributed by atoms with Crippen LogP contribution < -0.4 is 11.1 Å². The van der Waals surface area contributed by atoms with E-state index in [1.807, 2.05) is 6.92 Å². The maximum absolute atomic E-state index is 11.7. The SMILES string of the molecule is CCC(C)(NC(=O)c1csnn1)C(N)=NO. The van der Waals surface area contributed by atoms with E-state index < -0.39 is 11.4 Å². The molecule has 0 saturated carbocycles. The molecule has 1 aromatic heterocycles. The normalized spacial score (nSPS) is 15.5. The zero-order valence-corrected chi connectivity index (χ0v) is 9.78. The van der Waals surface area contributed by atoms with Crippen molar-refractivity contribution in [3.63, 3.8) is 0 Å². The van der Waals surface area contributed by atoms with Crippen LogP contribution in [-0.2, 0) is 0 Å². The van der Waals surface area contributed by atoms with Crippen LogP contribution in [-0.4, -0.2) is 32.1 Å². The molecule has 0 saturated heterocycles. The summed E-state index contributed by atoms with van der Waals surface area (Å²) in [4.78, 5) is 11.7. The molecule has 0 aliphatic rings. The van der Waals surface area contributed by atoms with Crippen LogP contribution in [0.2, 0.25) is 0 Å². The van der Waals surface area contributed by atoms with Gasteiger partial charge in [-0.05, 0) is 24.9 Å². The van der Waals surface area contributed by atoms with Crippen molar-refractivity contribution >= 4 is 23.3 Å². The van der Waals surface area contributed by atoms with Gasteiger partial charge in [-0.25, -0.2) is 0 Å². The first kappa shape index (κ1) is 12.4. The van der Waals surface area contributed by atoms with E-state index in [2.05, 4.69) is 20.1 Å². The van der Waals surface area contributed by atoms with Crippen molar-refractivity contribution in [1.29, 1.82) is 0 Å². The summed E-state index contributed by atoms with van der Waals surface area (Å²) in [5.41, 5.74) is 4.84. The maximum atomic E-state index is 11.7. The number of nitrogens with zero attached hydrogens (tertiary/aromatic N) is 3. The van der Waals surface area contributed by atoms with E-state index in [9.17, 15) is 4.79 Å². The van der Waals surface area contributed by atoms with Crippen molar-refractivity contribution in [2.75, 3.05) is 0 Å². The summed E-state index contributed by atoms with van der Waals surface area (Å²) in [5, 5.41) is 19.3. The van der Waals surface area contributed by atoms with Crippen LogP contribution in [0.5, 0.6) is 0 Å². The summed E-state index contributed by atoms with van der Waals surface area (Å²) in [7, 11) is 0. The lowest BCUT2D eigenvalue weighted by molar-refractivity contribution is 0.0920. The Morgan fingerprint density at radius 2 is 2.50 bits per heavy atom. The van der Waals surface area contributed by atoms with Gasteiger partial charge in [0.15, 0.2) is 11.5 Å². The molecule has 88 valence electrons. The number of carbonyl (C=O) groups is 1. The lowest BCUT2D eigenvalue weighted by Gasteiger charge is -2.27.